The molecule has 1 aromatic heterocycles. The Kier molecular flexibility index (Phi) is 3.26. The van der Waals surface area contributed by atoms with Crippen LogP contribution in [0.5, 0.6) is 0 Å². The molecule has 90 valence electrons. The molecule has 1 atom stereocenters. The van der Waals surface area contributed by atoms with Crippen molar-refractivity contribution in [1.82, 2.24) is 9.78 Å². The lowest BCUT2D eigenvalue weighted by Crippen LogP contribution is -2.29. The van der Waals surface area contributed by atoms with Crippen molar-refractivity contribution in [3.63, 3.8) is 0 Å². The van der Waals surface area contributed by atoms with Crippen molar-refractivity contribution >= 4 is 11.8 Å². The predicted octanol–water partition coefficient (Wildman–Crippen LogP) is 1.68. The minimum atomic E-state index is -0.487. The number of anilines is 1. The van der Waals surface area contributed by atoms with Gasteiger partial charge in [-0.05, 0) is 34.6 Å². The van der Waals surface area contributed by atoms with E-state index in [0.717, 1.165) is 5.56 Å². The standard InChI is InChI=1S/C11H19N3O2/c1-7-6-14(13-9(7)12)8(2)10(15)16-11(3,4)5/h6,8H,1-5H3,(H2,12,13)/t8-/m1/s1. The Morgan fingerprint density at radius 2 is 2.12 bits per heavy atom. The molecule has 5 heteroatoms. The highest BCUT2D eigenvalue weighted by Crippen LogP contribution is 2.16. The largest absolute Gasteiger partial charge is 0.458 e. The fourth-order valence-corrected chi connectivity index (χ4v) is 1.19. The minimum absolute atomic E-state index is 0.310. The molecule has 0 bridgehead atoms. The Balaban J connectivity index is 2.78. The Morgan fingerprint density at radius 3 is 2.50 bits per heavy atom. The Labute approximate surface area is 95.6 Å². The quantitative estimate of drug-likeness (QED) is 0.777. The van der Waals surface area contributed by atoms with E-state index in [9.17, 15) is 4.79 Å². The first-order valence-electron chi connectivity index (χ1n) is 5.25. The Morgan fingerprint density at radius 1 is 1.56 bits per heavy atom. The van der Waals surface area contributed by atoms with Crippen molar-refractivity contribution in [2.45, 2.75) is 46.3 Å². The van der Waals surface area contributed by atoms with Crippen molar-refractivity contribution in [3.05, 3.63) is 11.8 Å². The molecule has 1 aromatic rings. The van der Waals surface area contributed by atoms with Crippen LogP contribution in [0.25, 0.3) is 0 Å². The second-order valence-electron chi connectivity index (χ2n) is 4.89. The third-order valence-corrected chi connectivity index (χ3v) is 2.10. The molecule has 0 amide bonds. The first-order valence-corrected chi connectivity index (χ1v) is 5.25. The topological polar surface area (TPSA) is 70.1 Å². The molecule has 0 radical (unpaired) electrons. The number of hydrogen-bond acceptors (Lipinski definition) is 4. The van der Waals surface area contributed by atoms with E-state index < -0.39 is 11.6 Å². The van der Waals surface area contributed by atoms with Crippen LogP contribution in [-0.4, -0.2) is 21.4 Å². The zero-order valence-corrected chi connectivity index (χ0v) is 10.4. The lowest BCUT2D eigenvalue weighted by atomic mass is 10.2. The van der Waals surface area contributed by atoms with Crippen molar-refractivity contribution in [1.29, 1.82) is 0 Å². The molecule has 0 aromatic carbocycles. The molecule has 0 fully saturated rings. The van der Waals surface area contributed by atoms with E-state index in [2.05, 4.69) is 5.10 Å². The average molecular weight is 225 g/mol. The highest BCUT2D eigenvalue weighted by atomic mass is 16.6. The van der Waals surface area contributed by atoms with Crippen molar-refractivity contribution < 1.29 is 9.53 Å². The number of aromatic nitrogens is 2. The molecule has 5 nitrogen and oxygen atoms in total. The van der Waals surface area contributed by atoms with E-state index >= 15 is 0 Å². The number of ether oxygens (including phenoxy) is 1. The SMILES string of the molecule is Cc1cn([C@H](C)C(=O)OC(C)(C)C)nc1N. The summed E-state index contributed by atoms with van der Waals surface area (Å²) in [5.41, 5.74) is 5.99. The van der Waals surface area contributed by atoms with Crippen molar-refractivity contribution in [2.24, 2.45) is 0 Å². The fourth-order valence-electron chi connectivity index (χ4n) is 1.19. The van der Waals surface area contributed by atoms with Crippen LogP contribution >= 0.6 is 0 Å². The van der Waals surface area contributed by atoms with Gasteiger partial charge in [-0.3, -0.25) is 4.68 Å². The average Bonchev–Trinajstić information content (AvgIpc) is 2.43. The van der Waals surface area contributed by atoms with E-state index in [4.69, 9.17) is 10.5 Å². The summed E-state index contributed by atoms with van der Waals surface area (Å²) in [6, 6.07) is -0.463. The Hall–Kier alpha value is -1.52. The summed E-state index contributed by atoms with van der Waals surface area (Å²) < 4.78 is 6.79. The van der Waals surface area contributed by atoms with E-state index in [1.54, 1.807) is 13.1 Å². The zero-order chi connectivity index (χ0) is 12.5. The fraction of sp³-hybridized carbons (Fsp3) is 0.636. The van der Waals surface area contributed by atoms with Gasteiger partial charge in [0.05, 0.1) is 0 Å². The molecule has 1 rings (SSSR count). The normalized spacial score (nSPS) is 13.6. The number of nitrogens with zero attached hydrogens (tertiary/aromatic N) is 2. The van der Waals surface area contributed by atoms with Gasteiger partial charge in [-0.1, -0.05) is 0 Å². The highest BCUT2D eigenvalue weighted by Gasteiger charge is 2.23. The maximum atomic E-state index is 11.8. The van der Waals surface area contributed by atoms with Gasteiger partial charge in [0, 0.05) is 11.8 Å². The van der Waals surface area contributed by atoms with Crippen LogP contribution < -0.4 is 5.73 Å². The maximum Gasteiger partial charge on any atom is 0.331 e. The monoisotopic (exact) mass is 225 g/mol. The molecule has 0 aliphatic heterocycles. The lowest BCUT2D eigenvalue weighted by molar-refractivity contribution is -0.158. The summed E-state index contributed by atoms with van der Waals surface area (Å²) in [6.45, 7) is 9.08. The lowest BCUT2D eigenvalue weighted by Gasteiger charge is -2.22. The number of aryl methyl sites for hydroxylation is 1. The number of nitrogen functional groups attached to an aromatic ring is 1. The molecule has 0 aliphatic carbocycles. The smallest absolute Gasteiger partial charge is 0.331 e. The van der Waals surface area contributed by atoms with Crippen LogP contribution in [0.2, 0.25) is 0 Å². The molecule has 0 saturated carbocycles. The van der Waals surface area contributed by atoms with Crippen LogP contribution in [0.4, 0.5) is 5.82 Å². The van der Waals surface area contributed by atoms with Gasteiger partial charge >= 0.3 is 5.97 Å². The summed E-state index contributed by atoms with van der Waals surface area (Å²) in [7, 11) is 0. The summed E-state index contributed by atoms with van der Waals surface area (Å²) in [4.78, 5) is 11.8. The van der Waals surface area contributed by atoms with Gasteiger partial charge in [0.25, 0.3) is 0 Å². The Bertz CT molecular complexity index is 371. The number of hydrogen-bond donors (Lipinski definition) is 1. The van der Waals surface area contributed by atoms with Gasteiger partial charge in [-0.25, -0.2) is 4.79 Å². The summed E-state index contributed by atoms with van der Waals surface area (Å²) in [5, 5.41) is 4.05. The first-order chi connectivity index (χ1) is 7.20. The number of nitrogens with two attached hydrogens (primary N) is 1. The van der Waals surface area contributed by atoms with E-state index in [1.165, 1.54) is 4.68 Å². The maximum absolute atomic E-state index is 11.8. The van der Waals surface area contributed by atoms with Crippen molar-refractivity contribution in [3.8, 4) is 0 Å². The number of rotatable bonds is 2. The third-order valence-electron chi connectivity index (χ3n) is 2.10. The number of esters is 1. The van der Waals surface area contributed by atoms with Crippen molar-refractivity contribution in [2.75, 3.05) is 5.73 Å². The molecule has 2 N–H and O–H groups in total. The van der Waals surface area contributed by atoms with Crippen LogP contribution in [0, 0.1) is 6.92 Å². The first kappa shape index (κ1) is 12.5. The van der Waals surface area contributed by atoms with Crippen LogP contribution in [0.1, 0.15) is 39.3 Å². The van der Waals surface area contributed by atoms with Gasteiger partial charge in [-0.15, -0.1) is 0 Å². The molecule has 0 unspecified atom stereocenters. The van der Waals surface area contributed by atoms with Gasteiger partial charge in [-0.2, -0.15) is 5.10 Å². The number of carbonyl (C=O) groups excluding carboxylic acids is 1. The summed E-state index contributed by atoms with van der Waals surface area (Å²) in [6.07, 6.45) is 1.74. The van der Waals surface area contributed by atoms with Crippen LogP contribution in [-0.2, 0) is 9.53 Å². The summed E-state index contributed by atoms with van der Waals surface area (Å²) >= 11 is 0. The molecule has 16 heavy (non-hydrogen) atoms. The molecule has 0 spiro atoms. The molecular formula is C11H19N3O2. The van der Waals surface area contributed by atoms with Gasteiger partial charge in [0.15, 0.2) is 0 Å². The summed E-state index contributed by atoms with van der Waals surface area (Å²) in [5.74, 6) is 0.130. The molecule has 0 saturated heterocycles. The predicted molar refractivity (Wildman–Crippen MR) is 61.9 cm³/mol. The highest BCUT2D eigenvalue weighted by molar-refractivity contribution is 5.74. The molecule has 0 aliphatic rings. The van der Waals surface area contributed by atoms with Gasteiger partial charge < -0.3 is 10.5 Å². The van der Waals surface area contributed by atoms with E-state index in [-0.39, 0.29) is 5.97 Å². The minimum Gasteiger partial charge on any atom is -0.458 e. The van der Waals surface area contributed by atoms with E-state index in [0.29, 0.717) is 5.82 Å². The zero-order valence-electron chi connectivity index (χ0n) is 10.4. The van der Waals surface area contributed by atoms with Gasteiger partial charge in [0.2, 0.25) is 0 Å². The number of carbonyl (C=O) groups is 1. The third kappa shape index (κ3) is 2.98. The van der Waals surface area contributed by atoms with E-state index in [1.807, 2.05) is 27.7 Å². The van der Waals surface area contributed by atoms with Gasteiger partial charge in [0.1, 0.15) is 17.5 Å². The molecule has 1 heterocycles. The van der Waals surface area contributed by atoms with Crippen LogP contribution in [0.3, 0.4) is 0 Å². The second kappa shape index (κ2) is 4.15. The van der Waals surface area contributed by atoms with Crippen LogP contribution in [0.15, 0.2) is 6.20 Å². The second-order valence-corrected chi connectivity index (χ2v) is 4.89. The molecular weight excluding hydrogens is 206 g/mol.